The van der Waals surface area contributed by atoms with E-state index in [2.05, 4.69) is 4.72 Å². The zero-order chi connectivity index (χ0) is 15.2. The van der Waals surface area contributed by atoms with Crippen LogP contribution in [0.3, 0.4) is 0 Å². The average Bonchev–Trinajstić information content (AvgIpc) is 2.38. The lowest BCUT2D eigenvalue weighted by Crippen LogP contribution is -2.41. The molecule has 112 valence electrons. The fraction of sp³-hybridized carbons (Fsp3) is 0.462. The number of Topliss-reactive ketones (excluding diaryl/α,β-unsaturated/α-hetero) is 1. The second kappa shape index (κ2) is 7.73. The van der Waals surface area contributed by atoms with Crippen molar-refractivity contribution in [3.05, 3.63) is 29.8 Å². The number of nitrogens with two attached hydrogens (primary N) is 1. The van der Waals surface area contributed by atoms with Crippen LogP contribution in [0, 0.1) is 6.92 Å². The zero-order valence-corrected chi connectivity index (χ0v) is 12.9. The third-order valence-corrected chi connectivity index (χ3v) is 4.56. The van der Waals surface area contributed by atoms with Crippen LogP contribution in [0.1, 0.15) is 24.8 Å². The number of benzene rings is 1. The molecule has 1 aromatic rings. The van der Waals surface area contributed by atoms with Crippen molar-refractivity contribution in [3.8, 4) is 0 Å². The van der Waals surface area contributed by atoms with Gasteiger partial charge in [0.2, 0.25) is 10.0 Å². The van der Waals surface area contributed by atoms with E-state index in [0.717, 1.165) is 5.56 Å². The van der Waals surface area contributed by atoms with Crippen LogP contribution in [-0.2, 0) is 14.8 Å². The first-order chi connectivity index (χ1) is 9.35. The van der Waals surface area contributed by atoms with E-state index in [0.29, 0.717) is 19.3 Å². The molecule has 1 atom stereocenters. The molecule has 0 aliphatic rings. The molecule has 3 N–H and O–H groups in total. The van der Waals surface area contributed by atoms with Crippen LogP contribution in [-0.4, -0.2) is 26.2 Å². The van der Waals surface area contributed by atoms with Gasteiger partial charge in [0, 0.05) is 6.42 Å². The molecular weight excluding hydrogens is 300 g/mol. The second-order valence-corrected chi connectivity index (χ2v) is 6.59. The van der Waals surface area contributed by atoms with E-state index in [4.69, 9.17) is 17.3 Å². The Kier molecular flexibility index (Phi) is 6.61. The van der Waals surface area contributed by atoms with E-state index in [1.165, 1.54) is 12.1 Å². The van der Waals surface area contributed by atoms with Crippen LogP contribution in [0.15, 0.2) is 29.2 Å². The van der Waals surface area contributed by atoms with Gasteiger partial charge in [-0.25, -0.2) is 8.42 Å². The van der Waals surface area contributed by atoms with Gasteiger partial charge in [-0.2, -0.15) is 4.72 Å². The quantitative estimate of drug-likeness (QED) is 0.562. The van der Waals surface area contributed by atoms with Crippen molar-refractivity contribution in [3.63, 3.8) is 0 Å². The van der Waals surface area contributed by atoms with Gasteiger partial charge in [0.05, 0.1) is 16.9 Å². The molecule has 0 aliphatic heterocycles. The Hall–Kier alpha value is -0.950. The number of alkyl halides is 1. The van der Waals surface area contributed by atoms with Crippen LogP contribution >= 0.6 is 11.6 Å². The number of carbonyl (C=O) groups excluding carboxylic acids is 1. The number of hydrogen-bond donors (Lipinski definition) is 2. The van der Waals surface area contributed by atoms with E-state index in [-0.39, 0.29) is 16.6 Å². The fourth-order valence-electron chi connectivity index (χ4n) is 1.63. The van der Waals surface area contributed by atoms with Crippen LogP contribution in [0.5, 0.6) is 0 Å². The van der Waals surface area contributed by atoms with Crippen molar-refractivity contribution in [2.24, 2.45) is 5.73 Å². The highest BCUT2D eigenvalue weighted by Crippen LogP contribution is 2.11. The number of aryl methyl sites for hydroxylation is 1. The predicted octanol–water partition coefficient (Wildman–Crippen LogP) is 1.54. The molecule has 1 aromatic carbocycles. The van der Waals surface area contributed by atoms with Crippen molar-refractivity contribution in [1.29, 1.82) is 0 Å². The van der Waals surface area contributed by atoms with Gasteiger partial charge in [0.15, 0.2) is 0 Å². The van der Waals surface area contributed by atoms with E-state index in [1.54, 1.807) is 12.1 Å². The van der Waals surface area contributed by atoms with Crippen LogP contribution in [0.25, 0.3) is 0 Å². The number of rotatable bonds is 8. The SMILES string of the molecule is Cc1ccc(S(=O)(=O)NC(N)CCCC(=O)CCl)cc1. The van der Waals surface area contributed by atoms with E-state index >= 15 is 0 Å². The third-order valence-electron chi connectivity index (χ3n) is 2.76. The highest BCUT2D eigenvalue weighted by molar-refractivity contribution is 7.89. The van der Waals surface area contributed by atoms with Crippen LogP contribution < -0.4 is 10.5 Å². The molecule has 0 fully saturated rings. The van der Waals surface area contributed by atoms with Crippen molar-refractivity contribution in [1.82, 2.24) is 4.72 Å². The van der Waals surface area contributed by atoms with Gasteiger partial charge in [0.1, 0.15) is 5.78 Å². The summed E-state index contributed by atoms with van der Waals surface area (Å²) in [5.41, 5.74) is 6.70. The molecule has 0 radical (unpaired) electrons. The monoisotopic (exact) mass is 318 g/mol. The molecule has 0 spiro atoms. The summed E-state index contributed by atoms with van der Waals surface area (Å²) >= 11 is 5.37. The van der Waals surface area contributed by atoms with Gasteiger partial charge in [-0.15, -0.1) is 11.6 Å². The first-order valence-corrected chi connectivity index (χ1v) is 8.29. The Morgan fingerprint density at radius 1 is 1.35 bits per heavy atom. The largest absolute Gasteiger partial charge is 0.315 e. The summed E-state index contributed by atoms with van der Waals surface area (Å²) in [7, 11) is -3.62. The third kappa shape index (κ3) is 5.58. The lowest BCUT2D eigenvalue weighted by Gasteiger charge is -2.14. The summed E-state index contributed by atoms with van der Waals surface area (Å²) in [6.07, 6.45) is 0.477. The van der Waals surface area contributed by atoms with Crippen molar-refractivity contribution < 1.29 is 13.2 Å². The topological polar surface area (TPSA) is 89.3 Å². The first-order valence-electron chi connectivity index (χ1n) is 6.27. The van der Waals surface area contributed by atoms with Crippen molar-refractivity contribution in [2.75, 3.05) is 5.88 Å². The molecular formula is C13H19ClN2O3S. The molecule has 20 heavy (non-hydrogen) atoms. The maximum absolute atomic E-state index is 12.0. The molecule has 0 saturated carbocycles. The van der Waals surface area contributed by atoms with Crippen molar-refractivity contribution in [2.45, 2.75) is 37.2 Å². The minimum Gasteiger partial charge on any atom is -0.315 e. The second-order valence-electron chi connectivity index (χ2n) is 4.61. The molecule has 0 heterocycles. The van der Waals surface area contributed by atoms with E-state index < -0.39 is 16.2 Å². The summed E-state index contributed by atoms with van der Waals surface area (Å²) in [5.74, 6) is -0.0927. The smallest absolute Gasteiger partial charge is 0.241 e. The number of halogens is 1. The van der Waals surface area contributed by atoms with Crippen LogP contribution in [0.2, 0.25) is 0 Å². The number of hydrogen-bond acceptors (Lipinski definition) is 4. The minimum absolute atomic E-state index is 0.0235. The highest BCUT2D eigenvalue weighted by Gasteiger charge is 2.17. The summed E-state index contributed by atoms with van der Waals surface area (Å²) in [4.78, 5) is 11.2. The molecule has 5 nitrogen and oxygen atoms in total. The maximum Gasteiger partial charge on any atom is 0.241 e. The summed E-state index contributed by atoms with van der Waals surface area (Å²) in [5, 5.41) is 0. The number of sulfonamides is 1. The summed E-state index contributed by atoms with van der Waals surface area (Å²) in [6, 6.07) is 6.50. The number of ketones is 1. The Morgan fingerprint density at radius 2 is 1.95 bits per heavy atom. The molecule has 1 unspecified atom stereocenters. The number of carbonyl (C=O) groups is 1. The predicted molar refractivity (Wildman–Crippen MR) is 79.1 cm³/mol. The van der Waals surface area contributed by atoms with Crippen LogP contribution in [0.4, 0.5) is 0 Å². The number of nitrogens with one attached hydrogen (secondary N) is 1. The molecule has 0 saturated heterocycles. The van der Waals surface area contributed by atoms with Gasteiger partial charge in [-0.3, -0.25) is 4.79 Å². The Bertz CT molecular complexity index is 543. The molecule has 0 aromatic heterocycles. The fourth-order valence-corrected chi connectivity index (χ4v) is 2.91. The van der Waals surface area contributed by atoms with Gasteiger partial charge in [-0.1, -0.05) is 17.7 Å². The van der Waals surface area contributed by atoms with Gasteiger partial charge >= 0.3 is 0 Å². The van der Waals surface area contributed by atoms with Gasteiger partial charge < -0.3 is 5.73 Å². The van der Waals surface area contributed by atoms with E-state index in [1.807, 2.05) is 6.92 Å². The average molecular weight is 319 g/mol. The summed E-state index contributed by atoms with van der Waals surface area (Å²) in [6.45, 7) is 1.88. The minimum atomic E-state index is -3.62. The molecule has 7 heteroatoms. The normalized spacial score (nSPS) is 13.2. The Morgan fingerprint density at radius 3 is 2.50 bits per heavy atom. The molecule has 1 rings (SSSR count). The van der Waals surface area contributed by atoms with E-state index in [9.17, 15) is 13.2 Å². The first kappa shape index (κ1) is 17.1. The zero-order valence-electron chi connectivity index (χ0n) is 11.3. The van der Waals surface area contributed by atoms with Gasteiger partial charge in [0.25, 0.3) is 0 Å². The highest BCUT2D eigenvalue weighted by atomic mass is 35.5. The standard InChI is InChI=1S/C13H19ClN2O3S/c1-10-5-7-12(8-6-10)20(18,19)16-13(15)4-2-3-11(17)9-14/h5-8,13,16H,2-4,9,15H2,1H3. The Balaban J connectivity index is 2.53. The van der Waals surface area contributed by atoms with Gasteiger partial charge in [-0.05, 0) is 31.9 Å². The lowest BCUT2D eigenvalue weighted by atomic mass is 10.2. The summed E-state index contributed by atoms with van der Waals surface area (Å²) < 4.78 is 26.4. The lowest BCUT2D eigenvalue weighted by molar-refractivity contribution is -0.116. The van der Waals surface area contributed by atoms with Crippen molar-refractivity contribution >= 4 is 27.4 Å². The molecule has 0 amide bonds. The Labute approximate surface area is 124 Å². The molecule has 0 bridgehead atoms. The maximum atomic E-state index is 12.0. The molecule has 0 aliphatic carbocycles.